The van der Waals surface area contributed by atoms with Gasteiger partial charge in [-0.15, -0.1) is 11.8 Å². The summed E-state index contributed by atoms with van der Waals surface area (Å²) >= 11 is 3.83. The first-order valence-corrected chi connectivity index (χ1v) is 10.7. The number of thioether (sulfide) groups is 2. The van der Waals surface area contributed by atoms with Gasteiger partial charge in [0.2, 0.25) is 0 Å². The Morgan fingerprint density at radius 2 is 1.92 bits per heavy atom. The van der Waals surface area contributed by atoms with Gasteiger partial charge in [0.15, 0.2) is 0 Å². The molecule has 0 amide bonds. The molecular weight excluding hydrogens is 340 g/mol. The van der Waals surface area contributed by atoms with E-state index >= 15 is 0 Å². The third kappa shape index (κ3) is 3.30. The minimum Gasteiger partial charge on any atom is -0.302 e. The standard InChI is InChI=1S/C17H22N4OS2/c22-17-20(8-3-7-19-9-12-23-13-10-19)18-16-6-11-24-15-5-2-1-4-14(15)21(16)17/h1-2,4-5H,3,6-13H2. The van der Waals surface area contributed by atoms with Crippen molar-refractivity contribution >= 4 is 23.5 Å². The van der Waals surface area contributed by atoms with E-state index < -0.39 is 0 Å². The smallest absolute Gasteiger partial charge is 0.302 e. The quantitative estimate of drug-likeness (QED) is 0.834. The average molecular weight is 363 g/mol. The van der Waals surface area contributed by atoms with E-state index in [0.717, 1.165) is 36.7 Å². The molecule has 1 aromatic carbocycles. The van der Waals surface area contributed by atoms with Gasteiger partial charge in [-0.2, -0.15) is 16.9 Å². The second-order valence-electron chi connectivity index (χ2n) is 6.13. The molecular formula is C17H22N4OS2. The van der Waals surface area contributed by atoms with Crippen LogP contribution in [0, 0.1) is 0 Å². The maximum Gasteiger partial charge on any atom is 0.350 e. The molecule has 0 bridgehead atoms. The molecule has 0 unspecified atom stereocenters. The van der Waals surface area contributed by atoms with Crippen LogP contribution in [0.15, 0.2) is 34.0 Å². The lowest BCUT2D eigenvalue weighted by atomic mass is 10.3. The third-order valence-electron chi connectivity index (χ3n) is 4.54. The van der Waals surface area contributed by atoms with Crippen LogP contribution in [0.25, 0.3) is 5.69 Å². The van der Waals surface area contributed by atoms with Gasteiger partial charge in [-0.25, -0.2) is 14.0 Å². The SMILES string of the molecule is O=c1n(CCCN2CCSCC2)nc2n1-c1ccccc1SCC2. The molecule has 0 saturated carbocycles. The van der Waals surface area contributed by atoms with Gasteiger partial charge in [0.05, 0.1) is 5.69 Å². The Morgan fingerprint density at radius 1 is 1.08 bits per heavy atom. The van der Waals surface area contributed by atoms with Crippen molar-refractivity contribution in [2.45, 2.75) is 24.3 Å². The lowest BCUT2D eigenvalue weighted by Gasteiger charge is -2.25. The van der Waals surface area contributed by atoms with Crippen molar-refractivity contribution in [3.63, 3.8) is 0 Å². The van der Waals surface area contributed by atoms with Crippen LogP contribution in [0.5, 0.6) is 0 Å². The summed E-state index contributed by atoms with van der Waals surface area (Å²) in [5.74, 6) is 4.33. The molecule has 0 spiro atoms. The number of hydrogen-bond donors (Lipinski definition) is 0. The third-order valence-corrected chi connectivity index (χ3v) is 6.55. The Bertz CT molecular complexity index is 764. The molecule has 2 aliphatic rings. The molecule has 24 heavy (non-hydrogen) atoms. The average Bonchev–Trinajstić information content (AvgIpc) is 2.81. The van der Waals surface area contributed by atoms with Crippen molar-refractivity contribution < 1.29 is 0 Å². The van der Waals surface area contributed by atoms with Gasteiger partial charge in [-0.05, 0) is 25.1 Å². The highest BCUT2D eigenvalue weighted by Crippen LogP contribution is 2.29. The fraction of sp³-hybridized carbons (Fsp3) is 0.529. The first-order valence-electron chi connectivity index (χ1n) is 8.54. The number of nitrogens with zero attached hydrogens (tertiary/aromatic N) is 4. The zero-order valence-corrected chi connectivity index (χ0v) is 15.3. The lowest BCUT2D eigenvalue weighted by Crippen LogP contribution is -2.34. The normalized spacial score (nSPS) is 18.0. The van der Waals surface area contributed by atoms with Crippen LogP contribution in [0.1, 0.15) is 12.2 Å². The number of fused-ring (bicyclic) bond motifs is 3. The molecule has 0 N–H and O–H groups in total. The van der Waals surface area contributed by atoms with E-state index in [0.29, 0.717) is 6.54 Å². The predicted octanol–water partition coefficient (Wildman–Crippen LogP) is 2.12. The summed E-state index contributed by atoms with van der Waals surface area (Å²) in [6.45, 7) is 4.10. The Hall–Kier alpha value is -1.18. The van der Waals surface area contributed by atoms with Crippen LogP contribution in [0.3, 0.4) is 0 Å². The summed E-state index contributed by atoms with van der Waals surface area (Å²) in [6, 6.07) is 8.14. The molecule has 2 aromatic rings. The van der Waals surface area contributed by atoms with Gasteiger partial charge in [0, 0.05) is 48.2 Å². The summed E-state index contributed by atoms with van der Waals surface area (Å²) in [6.07, 6.45) is 1.82. The topological polar surface area (TPSA) is 43.1 Å². The Kier molecular flexibility index (Phi) is 5.01. The van der Waals surface area contributed by atoms with Crippen molar-refractivity contribution in [1.29, 1.82) is 0 Å². The van der Waals surface area contributed by atoms with E-state index in [4.69, 9.17) is 0 Å². The van der Waals surface area contributed by atoms with E-state index in [2.05, 4.69) is 16.1 Å². The highest BCUT2D eigenvalue weighted by atomic mass is 32.2. The molecule has 0 aliphatic carbocycles. The molecule has 128 valence electrons. The van der Waals surface area contributed by atoms with Gasteiger partial charge in [-0.3, -0.25) is 0 Å². The van der Waals surface area contributed by atoms with E-state index in [9.17, 15) is 4.79 Å². The molecule has 4 rings (SSSR count). The van der Waals surface area contributed by atoms with Crippen LogP contribution >= 0.6 is 23.5 Å². The molecule has 7 heteroatoms. The van der Waals surface area contributed by atoms with Crippen LogP contribution in [0.2, 0.25) is 0 Å². The minimum atomic E-state index is 0.00847. The van der Waals surface area contributed by atoms with E-state index in [-0.39, 0.29) is 5.69 Å². The van der Waals surface area contributed by atoms with Crippen molar-refractivity contribution in [2.75, 3.05) is 36.9 Å². The molecule has 1 fully saturated rings. The maximum atomic E-state index is 12.8. The maximum absolute atomic E-state index is 12.8. The first-order chi connectivity index (χ1) is 11.8. The van der Waals surface area contributed by atoms with Crippen LogP contribution in [-0.2, 0) is 13.0 Å². The molecule has 0 radical (unpaired) electrons. The van der Waals surface area contributed by atoms with Gasteiger partial charge in [0.25, 0.3) is 0 Å². The number of rotatable bonds is 4. The van der Waals surface area contributed by atoms with Crippen LogP contribution in [-0.4, -0.2) is 56.1 Å². The second-order valence-corrected chi connectivity index (χ2v) is 8.49. The molecule has 1 aromatic heterocycles. The highest BCUT2D eigenvalue weighted by molar-refractivity contribution is 7.99. The van der Waals surface area contributed by atoms with E-state index in [1.807, 2.05) is 34.5 Å². The molecule has 1 saturated heterocycles. The molecule has 2 aliphatic heterocycles. The Morgan fingerprint density at radius 3 is 2.79 bits per heavy atom. The van der Waals surface area contributed by atoms with Crippen LogP contribution < -0.4 is 5.69 Å². The van der Waals surface area contributed by atoms with Gasteiger partial charge < -0.3 is 4.90 Å². The van der Waals surface area contributed by atoms with Crippen molar-refractivity contribution in [2.24, 2.45) is 0 Å². The fourth-order valence-electron chi connectivity index (χ4n) is 3.29. The van der Waals surface area contributed by atoms with Crippen LogP contribution in [0.4, 0.5) is 0 Å². The summed E-state index contributed by atoms with van der Waals surface area (Å²) < 4.78 is 3.48. The predicted molar refractivity (Wildman–Crippen MR) is 101 cm³/mol. The van der Waals surface area contributed by atoms with E-state index in [1.54, 1.807) is 16.4 Å². The van der Waals surface area contributed by atoms with E-state index in [1.165, 1.54) is 29.5 Å². The highest BCUT2D eigenvalue weighted by Gasteiger charge is 2.20. The number of hydrogen-bond acceptors (Lipinski definition) is 5. The summed E-state index contributed by atoms with van der Waals surface area (Å²) in [7, 11) is 0. The van der Waals surface area contributed by atoms with Crippen molar-refractivity contribution in [3.8, 4) is 5.69 Å². The number of para-hydroxylation sites is 1. The molecule has 5 nitrogen and oxygen atoms in total. The Balaban J connectivity index is 1.52. The largest absolute Gasteiger partial charge is 0.350 e. The number of aryl methyl sites for hydroxylation is 2. The summed E-state index contributed by atoms with van der Waals surface area (Å²) in [5, 5.41) is 4.62. The first kappa shape index (κ1) is 16.3. The molecule has 0 atom stereocenters. The minimum absolute atomic E-state index is 0.00847. The van der Waals surface area contributed by atoms with Crippen molar-refractivity contribution in [1.82, 2.24) is 19.2 Å². The Labute approximate surface area is 150 Å². The van der Waals surface area contributed by atoms with Gasteiger partial charge in [-0.1, -0.05) is 12.1 Å². The zero-order chi connectivity index (χ0) is 16.4. The van der Waals surface area contributed by atoms with Gasteiger partial charge in [0.1, 0.15) is 5.82 Å². The lowest BCUT2D eigenvalue weighted by molar-refractivity contribution is 0.289. The summed E-state index contributed by atoms with van der Waals surface area (Å²) in [4.78, 5) is 16.5. The monoisotopic (exact) mass is 362 g/mol. The molecule has 3 heterocycles. The summed E-state index contributed by atoms with van der Waals surface area (Å²) in [5.41, 5.74) is 0.994. The zero-order valence-electron chi connectivity index (χ0n) is 13.7. The van der Waals surface area contributed by atoms with Gasteiger partial charge >= 0.3 is 5.69 Å². The number of benzene rings is 1. The second kappa shape index (κ2) is 7.37. The fourth-order valence-corrected chi connectivity index (χ4v) is 5.25. The number of aromatic nitrogens is 3. The van der Waals surface area contributed by atoms with Crippen molar-refractivity contribution in [3.05, 3.63) is 40.6 Å².